The van der Waals surface area contributed by atoms with Gasteiger partial charge in [0.15, 0.2) is 0 Å². The molecule has 0 saturated heterocycles. The maximum atomic E-state index is 13.3. The van der Waals surface area contributed by atoms with Gasteiger partial charge in [-0.2, -0.15) is 0 Å². The van der Waals surface area contributed by atoms with Gasteiger partial charge in [0.2, 0.25) is 5.91 Å². The van der Waals surface area contributed by atoms with Crippen LogP contribution in [0.25, 0.3) is 6.08 Å². The van der Waals surface area contributed by atoms with E-state index < -0.39 is 11.8 Å². The number of hydrogen-bond donors (Lipinski definition) is 3. The second kappa shape index (κ2) is 14.1. The Hall–Kier alpha value is -3.75. The standard InChI is InChI=1S/C30H22Cl3N3O3S/c31-21-9-4-6-19(14-21)15-27(36-29(38)20-7-2-1-3-8-20)30(39)34-23-10-5-11-24(17-23)40-18-28(37)35-26-13-12-22(32)16-25(26)33/h1-17H,18H2,(H,34,39)(H,35,37)(H,36,38)/b27-15-. The highest BCUT2D eigenvalue weighted by Crippen LogP contribution is 2.27. The van der Waals surface area contributed by atoms with Gasteiger partial charge in [0, 0.05) is 26.2 Å². The van der Waals surface area contributed by atoms with Crippen LogP contribution in [0.5, 0.6) is 0 Å². The predicted molar refractivity (Wildman–Crippen MR) is 164 cm³/mol. The lowest BCUT2D eigenvalue weighted by atomic mass is 10.1. The Bertz CT molecular complexity index is 1580. The number of rotatable bonds is 9. The van der Waals surface area contributed by atoms with E-state index in [4.69, 9.17) is 34.8 Å². The molecule has 0 bridgehead atoms. The molecule has 40 heavy (non-hydrogen) atoms. The fourth-order valence-corrected chi connectivity index (χ4v) is 4.90. The Morgan fingerprint density at radius 3 is 2.25 bits per heavy atom. The average Bonchev–Trinajstić information content (AvgIpc) is 2.94. The van der Waals surface area contributed by atoms with Crippen molar-refractivity contribution in [3.63, 3.8) is 0 Å². The fraction of sp³-hybridized carbons (Fsp3) is 0.0333. The molecule has 0 aliphatic carbocycles. The van der Waals surface area contributed by atoms with Gasteiger partial charge in [-0.1, -0.05) is 71.2 Å². The third-order valence-electron chi connectivity index (χ3n) is 5.36. The molecule has 10 heteroatoms. The molecule has 0 fully saturated rings. The summed E-state index contributed by atoms with van der Waals surface area (Å²) in [4.78, 5) is 39.3. The Kier molecular flexibility index (Phi) is 10.3. The van der Waals surface area contributed by atoms with Crippen LogP contribution in [0.15, 0.2) is 108 Å². The van der Waals surface area contributed by atoms with Crippen LogP contribution in [0.1, 0.15) is 15.9 Å². The Morgan fingerprint density at radius 1 is 0.750 bits per heavy atom. The van der Waals surface area contributed by atoms with E-state index >= 15 is 0 Å². The Morgan fingerprint density at radius 2 is 1.50 bits per heavy atom. The van der Waals surface area contributed by atoms with Crippen molar-refractivity contribution >= 4 is 81.7 Å². The molecule has 0 radical (unpaired) electrons. The van der Waals surface area contributed by atoms with E-state index in [2.05, 4.69) is 16.0 Å². The molecule has 4 aromatic carbocycles. The number of carbonyl (C=O) groups is 3. The SMILES string of the molecule is O=C(CSc1cccc(NC(=O)/C(=C/c2cccc(Cl)c2)NC(=O)c2ccccc2)c1)Nc1ccc(Cl)cc1Cl. The molecule has 3 amide bonds. The summed E-state index contributed by atoms with van der Waals surface area (Å²) in [5, 5.41) is 9.58. The summed E-state index contributed by atoms with van der Waals surface area (Å²) in [5.74, 6) is -1.09. The summed E-state index contributed by atoms with van der Waals surface area (Å²) in [6, 6.07) is 27.4. The van der Waals surface area contributed by atoms with Gasteiger partial charge in [-0.05, 0) is 72.3 Å². The molecular formula is C30H22Cl3N3O3S. The van der Waals surface area contributed by atoms with Gasteiger partial charge in [0.05, 0.1) is 16.5 Å². The molecular weight excluding hydrogens is 589 g/mol. The van der Waals surface area contributed by atoms with Gasteiger partial charge < -0.3 is 16.0 Å². The minimum absolute atomic E-state index is 0.0356. The number of halogens is 3. The van der Waals surface area contributed by atoms with Crippen molar-refractivity contribution < 1.29 is 14.4 Å². The van der Waals surface area contributed by atoms with Crippen molar-refractivity contribution in [3.8, 4) is 0 Å². The summed E-state index contributed by atoms with van der Waals surface area (Å²) in [5.41, 5.74) is 2.04. The fourth-order valence-electron chi connectivity index (χ4n) is 3.49. The highest BCUT2D eigenvalue weighted by Gasteiger charge is 2.16. The molecule has 4 aromatic rings. The van der Waals surface area contributed by atoms with Gasteiger partial charge in [-0.3, -0.25) is 14.4 Å². The maximum absolute atomic E-state index is 13.3. The molecule has 0 spiro atoms. The van der Waals surface area contributed by atoms with Crippen molar-refractivity contribution in [1.82, 2.24) is 5.32 Å². The van der Waals surface area contributed by atoms with Crippen molar-refractivity contribution in [3.05, 3.63) is 129 Å². The Balaban J connectivity index is 1.45. The van der Waals surface area contributed by atoms with E-state index in [-0.39, 0.29) is 17.4 Å². The number of nitrogens with one attached hydrogen (secondary N) is 3. The van der Waals surface area contributed by atoms with Gasteiger partial charge in [0.1, 0.15) is 5.70 Å². The minimum atomic E-state index is -0.526. The van der Waals surface area contributed by atoms with Crippen LogP contribution in [0.3, 0.4) is 0 Å². The van der Waals surface area contributed by atoms with Gasteiger partial charge in [-0.25, -0.2) is 0 Å². The third kappa shape index (κ3) is 8.63. The zero-order chi connectivity index (χ0) is 28.5. The molecule has 3 N–H and O–H groups in total. The highest BCUT2D eigenvalue weighted by atomic mass is 35.5. The summed E-state index contributed by atoms with van der Waals surface area (Å²) in [6.07, 6.45) is 1.55. The lowest BCUT2D eigenvalue weighted by Gasteiger charge is -2.12. The van der Waals surface area contributed by atoms with E-state index in [1.54, 1.807) is 97.1 Å². The monoisotopic (exact) mass is 609 g/mol. The topological polar surface area (TPSA) is 87.3 Å². The number of hydrogen-bond acceptors (Lipinski definition) is 4. The van der Waals surface area contributed by atoms with E-state index in [9.17, 15) is 14.4 Å². The van der Waals surface area contributed by atoms with Gasteiger partial charge >= 0.3 is 0 Å². The first-order valence-corrected chi connectivity index (χ1v) is 14.0. The molecule has 6 nitrogen and oxygen atoms in total. The zero-order valence-corrected chi connectivity index (χ0v) is 23.9. The molecule has 0 atom stereocenters. The van der Waals surface area contributed by atoms with Crippen molar-refractivity contribution in [2.75, 3.05) is 16.4 Å². The van der Waals surface area contributed by atoms with E-state index in [0.29, 0.717) is 37.6 Å². The largest absolute Gasteiger partial charge is 0.324 e. The van der Waals surface area contributed by atoms with Crippen LogP contribution in [-0.2, 0) is 9.59 Å². The molecule has 0 aliphatic heterocycles. The summed E-state index contributed by atoms with van der Waals surface area (Å²) < 4.78 is 0. The number of thioether (sulfide) groups is 1. The van der Waals surface area contributed by atoms with Crippen molar-refractivity contribution in [1.29, 1.82) is 0 Å². The summed E-state index contributed by atoms with van der Waals surface area (Å²) in [7, 11) is 0. The third-order valence-corrected chi connectivity index (χ3v) is 7.13. The molecule has 4 rings (SSSR count). The molecule has 0 heterocycles. The number of benzene rings is 4. The first-order chi connectivity index (χ1) is 19.3. The van der Waals surface area contributed by atoms with E-state index in [1.807, 2.05) is 6.07 Å². The van der Waals surface area contributed by atoms with Gasteiger partial charge in [0.25, 0.3) is 11.8 Å². The van der Waals surface area contributed by atoms with Crippen LogP contribution >= 0.6 is 46.6 Å². The normalized spacial score (nSPS) is 11.0. The van der Waals surface area contributed by atoms with Gasteiger partial charge in [-0.15, -0.1) is 11.8 Å². The lowest BCUT2D eigenvalue weighted by Crippen LogP contribution is -2.30. The predicted octanol–water partition coefficient (Wildman–Crippen LogP) is 7.79. The van der Waals surface area contributed by atoms with Crippen LogP contribution in [-0.4, -0.2) is 23.5 Å². The quantitative estimate of drug-likeness (QED) is 0.133. The van der Waals surface area contributed by atoms with E-state index in [0.717, 1.165) is 4.90 Å². The zero-order valence-electron chi connectivity index (χ0n) is 20.8. The molecule has 0 saturated carbocycles. The summed E-state index contributed by atoms with van der Waals surface area (Å²) in [6.45, 7) is 0. The minimum Gasteiger partial charge on any atom is -0.324 e. The smallest absolute Gasteiger partial charge is 0.272 e. The van der Waals surface area contributed by atoms with Crippen LogP contribution < -0.4 is 16.0 Å². The molecule has 0 aromatic heterocycles. The second-order valence-electron chi connectivity index (χ2n) is 8.38. The van der Waals surface area contributed by atoms with Crippen LogP contribution in [0.2, 0.25) is 15.1 Å². The van der Waals surface area contributed by atoms with E-state index in [1.165, 1.54) is 11.8 Å². The Labute approximate surface area is 250 Å². The number of anilines is 2. The van der Waals surface area contributed by atoms with Crippen molar-refractivity contribution in [2.45, 2.75) is 4.90 Å². The van der Waals surface area contributed by atoms with Crippen LogP contribution in [0.4, 0.5) is 11.4 Å². The molecule has 0 aliphatic rings. The number of carbonyl (C=O) groups excluding carboxylic acids is 3. The number of amides is 3. The molecule has 202 valence electrons. The lowest BCUT2D eigenvalue weighted by molar-refractivity contribution is -0.114. The first-order valence-electron chi connectivity index (χ1n) is 11.9. The summed E-state index contributed by atoms with van der Waals surface area (Å²) >= 11 is 19.4. The second-order valence-corrected chi connectivity index (χ2v) is 10.7. The maximum Gasteiger partial charge on any atom is 0.272 e. The van der Waals surface area contributed by atoms with Crippen LogP contribution in [0, 0.1) is 0 Å². The average molecular weight is 611 g/mol. The molecule has 0 unspecified atom stereocenters. The first kappa shape index (κ1) is 29.2. The highest BCUT2D eigenvalue weighted by molar-refractivity contribution is 8.00. The van der Waals surface area contributed by atoms with Crippen molar-refractivity contribution in [2.24, 2.45) is 0 Å².